The lowest BCUT2D eigenvalue weighted by molar-refractivity contribution is 0.0609. The Bertz CT molecular complexity index is 347. The molecule has 1 aromatic heterocycles. The van der Waals surface area contributed by atoms with Crippen LogP contribution in [0.2, 0.25) is 0 Å². The van der Waals surface area contributed by atoms with Gasteiger partial charge >= 0.3 is 0 Å². The standard InChI is InChI=1S/C12H19FN2O2/c1-4-16-8-9(2)17-12-11(13)10(7-14-3)5-6-15-12/h5-6,9,14H,4,7-8H2,1-3H3. The van der Waals surface area contributed by atoms with E-state index < -0.39 is 5.82 Å². The molecular weight excluding hydrogens is 223 g/mol. The maximum atomic E-state index is 13.9. The average molecular weight is 242 g/mol. The number of rotatable bonds is 7. The Morgan fingerprint density at radius 3 is 2.94 bits per heavy atom. The third-order valence-corrected chi connectivity index (χ3v) is 2.17. The molecule has 0 saturated heterocycles. The van der Waals surface area contributed by atoms with E-state index in [1.165, 1.54) is 0 Å². The Labute approximate surface area is 101 Å². The fraction of sp³-hybridized carbons (Fsp3) is 0.583. The molecule has 96 valence electrons. The highest BCUT2D eigenvalue weighted by molar-refractivity contribution is 5.23. The van der Waals surface area contributed by atoms with E-state index >= 15 is 0 Å². The van der Waals surface area contributed by atoms with Gasteiger partial charge in [-0.1, -0.05) is 0 Å². The van der Waals surface area contributed by atoms with Gasteiger partial charge in [-0.25, -0.2) is 9.37 Å². The van der Waals surface area contributed by atoms with Gasteiger partial charge in [-0.3, -0.25) is 0 Å². The second-order valence-corrected chi connectivity index (χ2v) is 3.71. The van der Waals surface area contributed by atoms with Gasteiger partial charge < -0.3 is 14.8 Å². The number of hydrogen-bond acceptors (Lipinski definition) is 4. The summed E-state index contributed by atoms with van der Waals surface area (Å²) >= 11 is 0. The van der Waals surface area contributed by atoms with Crippen molar-refractivity contribution in [2.75, 3.05) is 20.3 Å². The van der Waals surface area contributed by atoms with E-state index in [4.69, 9.17) is 9.47 Å². The number of ether oxygens (including phenoxy) is 2. The molecule has 1 unspecified atom stereocenters. The fourth-order valence-corrected chi connectivity index (χ4v) is 1.38. The molecule has 0 radical (unpaired) electrons. The number of hydrogen-bond donors (Lipinski definition) is 1. The van der Waals surface area contributed by atoms with Crippen molar-refractivity contribution < 1.29 is 13.9 Å². The van der Waals surface area contributed by atoms with Crippen molar-refractivity contribution in [3.8, 4) is 5.88 Å². The second kappa shape index (κ2) is 7.19. The molecule has 0 fully saturated rings. The number of nitrogens with one attached hydrogen (secondary N) is 1. The van der Waals surface area contributed by atoms with Gasteiger partial charge in [0.15, 0.2) is 5.82 Å². The number of aromatic nitrogens is 1. The van der Waals surface area contributed by atoms with Crippen LogP contribution < -0.4 is 10.1 Å². The summed E-state index contributed by atoms with van der Waals surface area (Å²) in [6.45, 7) is 5.21. The monoisotopic (exact) mass is 242 g/mol. The molecule has 1 heterocycles. The Hall–Kier alpha value is -1.20. The second-order valence-electron chi connectivity index (χ2n) is 3.71. The van der Waals surface area contributed by atoms with Crippen LogP contribution in [0.1, 0.15) is 19.4 Å². The molecule has 5 heteroatoms. The van der Waals surface area contributed by atoms with Crippen molar-refractivity contribution in [3.63, 3.8) is 0 Å². The Balaban J connectivity index is 2.67. The quantitative estimate of drug-likeness (QED) is 0.791. The minimum Gasteiger partial charge on any atom is -0.470 e. The maximum absolute atomic E-state index is 13.9. The molecule has 1 rings (SSSR count). The first-order chi connectivity index (χ1) is 8.19. The molecule has 0 aromatic carbocycles. The zero-order chi connectivity index (χ0) is 12.7. The van der Waals surface area contributed by atoms with Gasteiger partial charge in [0.1, 0.15) is 6.10 Å². The van der Waals surface area contributed by atoms with Gasteiger partial charge in [0, 0.05) is 24.9 Å². The van der Waals surface area contributed by atoms with Crippen molar-refractivity contribution in [3.05, 3.63) is 23.6 Å². The summed E-state index contributed by atoms with van der Waals surface area (Å²) in [5.41, 5.74) is 0.543. The first kappa shape index (κ1) is 13.9. The predicted molar refractivity (Wildman–Crippen MR) is 63.5 cm³/mol. The third kappa shape index (κ3) is 4.28. The van der Waals surface area contributed by atoms with E-state index in [1.807, 2.05) is 13.8 Å². The van der Waals surface area contributed by atoms with Gasteiger partial charge in [0.25, 0.3) is 5.88 Å². The third-order valence-electron chi connectivity index (χ3n) is 2.17. The van der Waals surface area contributed by atoms with Crippen LogP contribution in [0.4, 0.5) is 4.39 Å². The lowest BCUT2D eigenvalue weighted by Gasteiger charge is -2.15. The molecule has 0 aliphatic heterocycles. The first-order valence-electron chi connectivity index (χ1n) is 5.71. The van der Waals surface area contributed by atoms with Crippen LogP contribution in [-0.4, -0.2) is 31.3 Å². The lowest BCUT2D eigenvalue weighted by Crippen LogP contribution is -2.20. The van der Waals surface area contributed by atoms with Crippen molar-refractivity contribution in [1.82, 2.24) is 10.3 Å². The SMILES string of the molecule is CCOCC(C)Oc1nccc(CNC)c1F. The lowest BCUT2D eigenvalue weighted by atomic mass is 10.2. The fourth-order valence-electron chi connectivity index (χ4n) is 1.38. The van der Waals surface area contributed by atoms with Crippen LogP contribution in [0.25, 0.3) is 0 Å². The number of nitrogens with zero attached hydrogens (tertiary/aromatic N) is 1. The van der Waals surface area contributed by atoms with Crippen molar-refractivity contribution in [1.29, 1.82) is 0 Å². The van der Waals surface area contributed by atoms with Gasteiger partial charge in [-0.05, 0) is 27.0 Å². The minimum absolute atomic E-state index is 0.0324. The van der Waals surface area contributed by atoms with Crippen molar-refractivity contribution in [2.24, 2.45) is 0 Å². The normalized spacial score (nSPS) is 12.5. The molecule has 0 saturated carbocycles. The molecule has 1 aromatic rings. The molecule has 0 bridgehead atoms. The van der Waals surface area contributed by atoms with Crippen LogP contribution in [0.15, 0.2) is 12.3 Å². The largest absolute Gasteiger partial charge is 0.470 e. The van der Waals surface area contributed by atoms with Gasteiger partial charge in [-0.2, -0.15) is 0 Å². The van der Waals surface area contributed by atoms with Crippen LogP contribution in [0.3, 0.4) is 0 Å². The topological polar surface area (TPSA) is 43.4 Å². The minimum atomic E-state index is -0.412. The molecule has 1 atom stereocenters. The van der Waals surface area contributed by atoms with E-state index in [0.717, 1.165) is 0 Å². The molecule has 1 N–H and O–H groups in total. The van der Waals surface area contributed by atoms with Crippen LogP contribution in [0.5, 0.6) is 5.88 Å². The van der Waals surface area contributed by atoms with Gasteiger partial charge in [0.05, 0.1) is 6.61 Å². The highest BCUT2D eigenvalue weighted by Gasteiger charge is 2.13. The van der Waals surface area contributed by atoms with Crippen LogP contribution in [-0.2, 0) is 11.3 Å². The highest BCUT2D eigenvalue weighted by Crippen LogP contribution is 2.18. The zero-order valence-electron chi connectivity index (χ0n) is 10.5. The molecular formula is C12H19FN2O2. The van der Waals surface area contributed by atoms with E-state index in [9.17, 15) is 4.39 Å². The smallest absolute Gasteiger partial charge is 0.251 e. The van der Waals surface area contributed by atoms with E-state index in [1.54, 1.807) is 19.3 Å². The van der Waals surface area contributed by atoms with Crippen LogP contribution in [0, 0.1) is 5.82 Å². The summed E-state index contributed by atoms with van der Waals surface area (Å²) in [5.74, 6) is -0.379. The number of pyridine rings is 1. The summed E-state index contributed by atoms with van der Waals surface area (Å²) in [6, 6.07) is 1.63. The number of halogens is 1. The Morgan fingerprint density at radius 1 is 1.53 bits per heavy atom. The molecule has 17 heavy (non-hydrogen) atoms. The summed E-state index contributed by atoms with van der Waals surface area (Å²) in [6.07, 6.45) is 1.32. The van der Waals surface area contributed by atoms with Gasteiger partial charge in [-0.15, -0.1) is 0 Å². The first-order valence-corrected chi connectivity index (χ1v) is 5.71. The van der Waals surface area contributed by atoms with E-state index in [0.29, 0.717) is 25.3 Å². The van der Waals surface area contributed by atoms with Crippen molar-refractivity contribution in [2.45, 2.75) is 26.5 Å². The molecule has 0 spiro atoms. The van der Waals surface area contributed by atoms with E-state index in [2.05, 4.69) is 10.3 Å². The molecule has 4 nitrogen and oxygen atoms in total. The molecule has 0 aliphatic rings. The summed E-state index contributed by atoms with van der Waals surface area (Å²) in [5, 5.41) is 2.89. The van der Waals surface area contributed by atoms with E-state index in [-0.39, 0.29) is 12.0 Å². The summed E-state index contributed by atoms with van der Waals surface area (Å²) in [7, 11) is 1.76. The maximum Gasteiger partial charge on any atom is 0.251 e. The van der Waals surface area contributed by atoms with Crippen molar-refractivity contribution >= 4 is 0 Å². The zero-order valence-corrected chi connectivity index (χ0v) is 10.5. The average Bonchev–Trinajstić information content (AvgIpc) is 2.32. The van der Waals surface area contributed by atoms with Gasteiger partial charge in [0.2, 0.25) is 0 Å². The molecule has 0 amide bonds. The Morgan fingerprint density at radius 2 is 2.29 bits per heavy atom. The summed E-state index contributed by atoms with van der Waals surface area (Å²) < 4.78 is 24.5. The Kier molecular flexibility index (Phi) is 5.86. The summed E-state index contributed by atoms with van der Waals surface area (Å²) in [4.78, 5) is 3.89. The molecule has 0 aliphatic carbocycles. The van der Waals surface area contributed by atoms with Crippen LogP contribution >= 0.6 is 0 Å². The highest BCUT2D eigenvalue weighted by atomic mass is 19.1. The predicted octanol–water partition coefficient (Wildman–Crippen LogP) is 1.74.